The molecule has 0 atom stereocenters. The van der Waals surface area contributed by atoms with Crippen LogP contribution in [0.1, 0.15) is 25.7 Å². The molecule has 0 amide bonds. The molecule has 1 aliphatic rings. The Hall–Kier alpha value is 0.270. The van der Waals surface area contributed by atoms with Gasteiger partial charge in [-0.25, -0.2) is 0 Å². The molecule has 0 aromatic carbocycles. The van der Waals surface area contributed by atoms with Crippen molar-refractivity contribution in [3.05, 3.63) is 0 Å². The number of hydrogen-bond donors (Lipinski definition) is 2. The quantitative estimate of drug-likeness (QED) is 0.660. The van der Waals surface area contributed by atoms with Crippen LogP contribution in [0.25, 0.3) is 0 Å². The van der Waals surface area contributed by atoms with Crippen LogP contribution in [0.5, 0.6) is 0 Å². The van der Waals surface area contributed by atoms with E-state index >= 15 is 0 Å². The molecule has 1 rings (SSSR count). The molecule has 78 valence electrons. The zero-order chi connectivity index (χ0) is 9.73. The molecule has 0 saturated heterocycles. The summed E-state index contributed by atoms with van der Waals surface area (Å²) in [6.07, 6.45) is 5.33. The number of rotatable bonds is 5. The highest BCUT2D eigenvalue weighted by Gasteiger charge is 2.33. The second kappa shape index (κ2) is 5.23. The van der Waals surface area contributed by atoms with Crippen LogP contribution < -0.4 is 0 Å². The van der Waals surface area contributed by atoms with Crippen molar-refractivity contribution in [1.82, 2.24) is 4.90 Å². The molecule has 0 aromatic heterocycles. The number of aliphatic hydroxyl groups is 1. The summed E-state index contributed by atoms with van der Waals surface area (Å²) in [6.45, 7) is 2.14. The number of thiol groups is 1. The molecular weight excluding hydrogens is 182 g/mol. The predicted molar refractivity (Wildman–Crippen MR) is 59.3 cm³/mol. The lowest BCUT2D eigenvalue weighted by atomic mass is 9.88. The van der Waals surface area contributed by atoms with Crippen molar-refractivity contribution in [2.45, 2.75) is 25.7 Å². The van der Waals surface area contributed by atoms with Gasteiger partial charge in [-0.3, -0.25) is 0 Å². The Morgan fingerprint density at radius 3 is 2.46 bits per heavy atom. The fraction of sp³-hybridized carbons (Fsp3) is 1.00. The molecule has 1 N–H and O–H groups in total. The lowest BCUT2D eigenvalue weighted by Crippen LogP contribution is -2.36. The maximum absolute atomic E-state index is 8.81. The van der Waals surface area contributed by atoms with E-state index < -0.39 is 0 Å². The Balaban J connectivity index is 2.38. The van der Waals surface area contributed by atoms with Gasteiger partial charge < -0.3 is 10.0 Å². The minimum atomic E-state index is 0.263. The van der Waals surface area contributed by atoms with Crippen molar-refractivity contribution >= 4 is 12.6 Å². The van der Waals surface area contributed by atoms with E-state index in [1.165, 1.54) is 25.7 Å². The summed E-state index contributed by atoms with van der Waals surface area (Å²) in [7, 11) is 2.08. The van der Waals surface area contributed by atoms with Gasteiger partial charge in [-0.2, -0.15) is 12.6 Å². The minimum Gasteiger partial charge on any atom is -0.395 e. The smallest absolute Gasteiger partial charge is 0.0558 e. The largest absolute Gasteiger partial charge is 0.395 e. The molecule has 3 heteroatoms. The van der Waals surface area contributed by atoms with Gasteiger partial charge in [-0.15, -0.1) is 0 Å². The summed E-state index contributed by atoms with van der Waals surface area (Å²) in [5.41, 5.74) is 0.438. The van der Waals surface area contributed by atoms with Crippen LogP contribution in [-0.4, -0.2) is 42.5 Å². The molecule has 1 saturated carbocycles. The van der Waals surface area contributed by atoms with Crippen molar-refractivity contribution in [1.29, 1.82) is 0 Å². The molecule has 1 fully saturated rings. The van der Waals surface area contributed by atoms with Gasteiger partial charge in [0.25, 0.3) is 0 Å². The van der Waals surface area contributed by atoms with Gasteiger partial charge in [0.2, 0.25) is 0 Å². The summed E-state index contributed by atoms with van der Waals surface area (Å²) >= 11 is 4.46. The van der Waals surface area contributed by atoms with E-state index in [2.05, 4.69) is 24.6 Å². The second-order valence-corrected chi connectivity index (χ2v) is 4.64. The normalized spacial score (nSPS) is 21.2. The number of nitrogens with zero attached hydrogens (tertiary/aromatic N) is 1. The average molecular weight is 203 g/mol. The van der Waals surface area contributed by atoms with Crippen LogP contribution in [0.2, 0.25) is 0 Å². The van der Waals surface area contributed by atoms with Gasteiger partial charge in [0.15, 0.2) is 0 Å². The summed E-state index contributed by atoms with van der Waals surface area (Å²) in [5.74, 6) is 0.989. The first-order chi connectivity index (χ1) is 6.22. The monoisotopic (exact) mass is 203 g/mol. The van der Waals surface area contributed by atoms with Gasteiger partial charge >= 0.3 is 0 Å². The summed E-state index contributed by atoms with van der Waals surface area (Å²) < 4.78 is 0. The van der Waals surface area contributed by atoms with E-state index in [1.807, 2.05) is 0 Å². The van der Waals surface area contributed by atoms with Crippen molar-refractivity contribution in [2.24, 2.45) is 5.41 Å². The topological polar surface area (TPSA) is 23.5 Å². The first-order valence-corrected chi connectivity index (χ1v) is 5.76. The molecule has 0 unspecified atom stereocenters. The van der Waals surface area contributed by atoms with Crippen LogP contribution in [-0.2, 0) is 0 Å². The third kappa shape index (κ3) is 3.15. The highest BCUT2D eigenvalue weighted by molar-refractivity contribution is 7.80. The lowest BCUT2D eigenvalue weighted by Gasteiger charge is -2.31. The fourth-order valence-electron chi connectivity index (χ4n) is 2.31. The van der Waals surface area contributed by atoms with Crippen molar-refractivity contribution in [3.63, 3.8) is 0 Å². The highest BCUT2D eigenvalue weighted by atomic mass is 32.1. The van der Waals surface area contributed by atoms with Crippen molar-refractivity contribution < 1.29 is 5.11 Å². The maximum Gasteiger partial charge on any atom is 0.0558 e. The number of hydrogen-bond acceptors (Lipinski definition) is 3. The molecule has 13 heavy (non-hydrogen) atoms. The summed E-state index contributed by atoms with van der Waals surface area (Å²) in [5, 5.41) is 8.81. The van der Waals surface area contributed by atoms with Crippen molar-refractivity contribution in [3.8, 4) is 0 Å². The first-order valence-electron chi connectivity index (χ1n) is 5.13. The third-order valence-corrected chi connectivity index (χ3v) is 3.76. The van der Waals surface area contributed by atoms with Gasteiger partial charge in [0.05, 0.1) is 6.61 Å². The fourth-order valence-corrected chi connectivity index (χ4v) is 2.73. The zero-order valence-corrected chi connectivity index (χ0v) is 9.39. The van der Waals surface area contributed by atoms with Crippen molar-refractivity contribution in [2.75, 3.05) is 32.5 Å². The van der Waals surface area contributed by atoms with Gasteiger partial charge in [-0.05, 0) is 31.1 Å². The Kier molecular flexibility index (Phi) is 4.56. The summed E-state index contributed by atoms with van der Waals surface area (Å²) in [6, 6.07) is 0. The van der Waals surface area contributed by atoms with Crippen LogP contribution >= 0.6 is 12.6 Å². The predicted octanol–water partition coefficient (Wildman–Crippen LogP) is 1.40. The van der Waals surface area contributed by atoms with Crippen LogP contribution in [0.15, 0.2) is 0 Å². The van der Waals surface area contributed by atoms with Gasteiger partial charge in [0.1, 0.15) is 0 Å². The average Bonchev–Trinajstić information content (AvgIpc) is 2.54. The van der Waals surface area contributed by atoms with E-state index in [0.29, 0.717) is 5.41 Å². The van der Waals surface area contributed by atoms with E-state index in [1.54, 1.807) is 0 Å². The Morgan fingerprint density at radius 2 is 2.00 bits per heavy atom. The Bertz CT molecular complexity index is 146. The first kappa shape index (κ1) is 11.3. The molecule has 0 heterocycles. The molecule has 0 spiro atoms. The molecule has 0 aliphatic heterocycles. The van der Waals surface area contributed by atoms with E-state index in [4.69, 9.17) is 5.11 Å². The van der Waals surface area contributed by atoms with Crippen LogP contribution in [0, 0.1) is 5.41 Å². The van der Waals surface area contributed by atoms with Gasteiger partial charge in [-0.1, -0.05) is 12.8 Å². The molecule has 0 bridgehead atoms. The maximum atomic E-state index is 8.81. The molecule has 2 nitrogen and oxygen atoms in total. The number of aliphatic hydroxyl groups excluding tert-OH is 1. The van der Waals surface area contributed by atoms with Crippen LogP contribution in [0.4, 0.5) is 0 Å². The van der Waals surface area contributed by atoms with Crippen LogP contribution in [0.3, 0.4) is 0 Å². The standard InChI is InChI=1S/C10H21NOS/c1-11(6-7-12)8-10(9-13)4-2-3-5-10/h12-13H,2-9H2,1H3. The highest BCUT2D eigenvalue weighted by Crippen LogP contribution is 2.39. The van der Waals surface area contributed by atoms with E-state index in [0.717, 1.165) is 18.8 Å². The number of likely N-dealkylation sites (N-methyl/N-ethyl adjacent to an activating group) is 1. The van der Waals surface area contributed by atoms with E-state index in [-0.39, 0.29) is 6.61 Å². The molecule has 0 radical (unpaired) electrons. The Morgan fingerprint density at radius 1 is 1.38 bits per heavy atom. The van der Waals surface area contributed by atoms with E-state index in [9.17, 15) is 0 Å². The third-order valence-electron chi connectivity index (χ3n) is 3.09. The molecular formula is C10H21NOS. The minimum absolute atomic E-state index is 0.263. The second-order valence-electron chi connectivity index (χ2n) is 4.33. The zero-order valence-electron chi connectivity index (χ0n) is 8.50. The SMILES string of the molecule is CN(CCO)CC1(CS)CCCC1. The lowest BCUT2D eigenvalue weighted by molar-refractivity contribution is 0.165. The van der Waals surface area contributed by atoms with Gasteiger partial charge in [0, 0.05) is 13.1 Å². The molecule has 0 aromatic rings. The summed E-state index contributed by atoms with van der Waals surface area (Å²) in [4.78, 5) is 2.22. The Labute approximate surface area is 86.7 Å². The molecule has 1 aliphatic carbocycles.